The predicted octanol–water partition coefficient (Wildman–Crippen LogP) is 1.90. The van der Waals surface area contributed by atoms with Crippen molar-refractivity contribution in [1.82, 2.24) is 4.90 Å². The number of nitrogens with zero attached hydrogens (tertiary/aromatic N) is 1. The van der Waals surface area contributed by atoms with E-state index in [2.05, 4.69) is 13.8 Å². The van der Waals surface area contributed by atoms with E-state index in [1.54, 1.807) is 32.4 Å². The van der Waals surface area contributed by atoms with Crippen LogP contribution in [0.3, 0.4) is 0 Å². The molecule has 2 rings (SSSR count). The first-order chi connectivity index (χ1) is 9.89. The van der Waals surface area contributed by atoms with E-state index >= 15 is 0 Å². The molecule has 2 N–H and O–H groups in total. The SMILES string of the molecule is COc1ccc(C(=O)N2CCC(N)C(C)(C)C2)cc1OC. The van der Waals surface area contributed by atoms with E-state index in [-0.39, 0.29) is 17.4 Å². The third-order valence-corrected chi connectivity index (χ3v) is 4.23. The zero-order valence-corrected chi connectivity index (χ0v) is 13.2. The highest BCUT2D eigenvalue weighted by Gasteiger charge is 2.35. The Morgan fingerprint density at radius 3 is 2.52 bits per heavy atom. The van der Waals surface area contributed by atoms with E-state index < -0.39 is 0 Å². The first-order valence-electron chi connectivity index (χ1n) is 7.16. The molecule has 1 saturated heterocycles. The van der Waals surface area contributed by atoms with Gasteiger partial charge in [0.2, 0.25) is 0 Å². The number of amides is 1. The Kier molecular flexibility index (Phi) is 4.42. The monoisotopic (exact) mass is 292 g/mol. The van der Waals surface area contributed by atoms with Crippen molar-refractivity contribution < 1.29 is 14.3 Å². The highest BCUT2D eigenvalue weighted by Crippen LogP contribution is 2.31. The topological polar surface area (TPSA) is 64.8 Å². The van der Waals surface area contributed by atoms with Gasteiger partial charge in [0, 0.05) is 24.7 Å². The number of carbonyl (C=O) groups excluding carboxylic acids is 1. The van der Waals surface area contributed by atoms with Crippen LogP contribution in [0.5, 0.6) is 11.5 Å². The largest absolute Gasteiger partial charge is 0.493 e. The van der Waals surface area contributed by atoms with Crippen LogP contribution < -0.4 is 15.2 Å². The summed E-state index contributed by atoms with van der Waals surface area (Å²) >= 11 is 0. The number of piperidine rings is 1. The number of hydrogen-bond donors (Lipinski definition) is 1. The quantitative estimate of drug-likeness (QED) is 0.924. The van der Waals surface area contributed by atoms with E-state index in [0.717, 1.165) is 6.42 Å². The van der Waals surface area contributed by atoms with Crippen LogP contribution in [0.25, 0.3) is 0 Å². The average molecular weight is 292 g/mol. The van der Waals surface area contributed by atoms with Gasteiger partial charge in [0.1, 0.15) is 0 Å². The maximum absolute atomic E-state index is 12.7. The lowest BCUT2D eigenvalue weighted by Crippen LogP contribution is -2.53. The molecule has 116 valence electrons. The second kappa shape index (κ2) is 5.93. The summed E-state index contributed by atoms with van der Waals surface area (Å²) < 4.78 is 10.5. The van der Waals surface area contributed by atoms with Gasteiger partial charge in [-0.1, -0.05) is 13.8 Å². The van der Waals surface area contributed by atoms with Gasteiger partial charge >= 0.3 is 0 Å². The van der Waals surface area contributed by atoms with Gasteiger partial charge < -0.3 is 20.1 Å². The Balaban J connectivity index is 2.20. The third-order valence-electron chi connectivity index (χ3n) is 4.23. The van der Waals surface area contributed by atoms with Crippen LogP contribution >= 0.6 is 0 Å². The smallest absolute Gasteiger partial charge is 0.254 e. The van der Waals surface area contributed by atoms with E-state index in [4.69, 9.17) is 15.2 Å². The molecule has 0 radical (unpaired) electrons. The van der Waals surface area contributed by atoms with Gasteiger partial charge in [-0.2, -0.15) is 0 Å². The molecular weight excluding hydrogens is 268 g/mol. The lowest BCUT2D eigenvalue weighted by Gasteiger charge is -2.42. The van der Waals surface area contributed by atoms with Crippen molar-refractivity contribution in [1.29, 1.82) is 0 Å². The van der Waals surface area contributed by atoms with Crippen molar-refractivity contribution in [2.75, 3.05) is 27.3 Å². The number of ether oxygens (including phenoxy) is 2. The van der Waals surface area contributed by atoms with Gasteiger partial charge in [-0.05, 0) is 30.0 Å². The molecule has 1 atom stereocenters. The highest BCUT2D eigenvalue weighted by atomic mass is 16.5. The fourth-order valence-electron chi connectivity index (χ4n) is 2.70. The number of benzene rings is 1. The Labute approximate surface area is 126 Å². The minimum Gasteiger partial charge on any atom is -0.493 e. The van der Waals surface area contributed by atoms with Crippen molar-refractivity contribution in [3.63, 3.8) is 0 Å². The summed E-state index contributed by atoms with van der Waals surface area (Å²) in [6.07, 6.45) is 0.825. The molecule has 0 aliphatic carbocycles. The highest BCUT2D eigenvalue weighted by molar-refractivity contribution is 5.95. The van der Waals surface area contributed by atoms with Crippen LogP contribution in [0.15, 0.2) is 18.2 Å². The molecule has 1 aliphatic rings. The van der Waals surface area contributed by atoms with Gasteiger partial charge in [0.15, 0.2) is 11.5 Å². The van der Waals surface area contributed by atoms with E-state index in [1.807, 2.05) is 4.90 Å². The Hall–Kier alpha value is -1.75. The summed E-state index contributed by atoms with van der Waals surface area (Å²) in [5.74, 6) is 1.20. The van der Waals surface area contributed by atoms with Crippen molar-refractivity contribution in [2.24, 2.45) is 11.1 Å². The predicted molar refractivity (Wildman–Crippen MR) is 81.8 cm³/mol. The second-order valence-corrected chi connectivity index (χ2v) is 6.18. The van der Waals surface area contributed by atoms with Crippen molar-refractivity contribution in [3.05, 3.63) is 23.8 Å². The number of methoxy groups -OCH3 is 2. The molecule has 0 aromatic heterocycles. The first kappa shape index (κ1) is 15.6. The molecular formula is C16H24N2O3. The van der Waals surface area contributed by atoms with Gasteiger partial charge in [-0.15, -0.1) is 0 Å². The fourth-order valence-corrected chi connectivity index (χ4v) is 2.70. The van der Waals surface area contributed by atoms with Crippen LogP contribution in [0, 0.1) is 5.41 Å². The summed E-state index contributed by atoms with van der Waals surface area (Å²) in [5.41, 5.74) is 6.67. The summed E-state index contributed by atoms with van der Waals surface area (Å²) in [7, 11) is 3.14. The molecule has 5 heteroatoms. The Bertz CT molecular complexity index is 528. The minimum absolute atomic E-state index is 0.0101. The maximum atomic E-state index is 12.7. The summed E-state index contributed by atoms with van der Waals surface area (Å²) in [6.45, 7) is 5.57. The number of hydrogen-bond acceptors (Lipinski definition) is 4. The molecule has 1 heterocycles. The van der Waals surface area contributed by atoms with E-state index in [9.17, 15) is 4.79 Å². The lowest BCUT2D eigenvalue weighted by atomic mass is 9.79. The molecule has 1 aromatic rings. The molecule has 21 heavy (non-hydrogen) atoms. The number of rotatable bonds is 3. The van der Waals surface area contributed by atoms with Gasteiger partial charge in [0.25, 0.3) is 5.91 Å². The summed E-state index contributed by atoms with van der Waals surface area (Å²) in [4.78, 5) is 14.5. The van der Waals surface area contributed by atoms with Crippen molar-refractivity contribution >= 4 is 5.91 Å². The van der Waals surface area contributed by atoms with Gasteiger partial charge in [-0.25, -0.2) is 0 Å². The van der Waals surface area contributed by atoms with Crippen LogP contribution in [0.4, 0.5) is 0 Å². The molecule has 0 spiro atoms. The van der Waals surface area contributed by atoms with Gasteiger partial charge in [0.05, 0.1) is 14.2 Å². The van der Waals surface area contributed by atoms with Crippen LogP contribution in [-0.2, 0) is 0 Å². The molecule has 1 fully saturated rings. The van der Waals surface area contributed by atoms with Gasteiger partial charge in [-0.3, -0.25) is 4.79 Å². The Morgan fingerprint density at radius 1 is 1.29 bits per heavy atom. The fraction of sp³-hybridized carbons (Fsp3) is 0.562. The zero-order valence-electron chi connectivity index (χ0n) is 13.2. The molecule has 1 amide bonds. The second-order valence-electron chi connectivity index (χ2n) is 6.18. The van der Waals surface area contributed by atoms with Crippen LogP contribution in [0.1, 0.15) is 30.6 Å². The Morgan fingerprint density at radius 2 is 1.95 bits per heavy atom. The average Bonchev–Trinajstić information content (AvgIpc) is 2.48. The minimum atomic E-state index is -0.0650. The van der Waals surface area contributed by atoms with Crippen molar-refractivity contribution in [2.45, 2.75) is 26.3 Å². The molecule has 1 unspecified atom stereocenters. The summed E-state index contributed by atoms with van der Waals surface area (Å²) in [6, 6.07) is 5.38. The normalized spacial score (nSPS) is 21.0. The van der Waals surface area contributed by atoms with Crippen LogP contribution in [-0.4, -0.2) is 44.2 Å². The molecule has 5 nitrogen and oxygen atoms in total. The van der Waals surface area contributed by atoms with E-state index in [1.165, 1.54) is 0 Å². The molecule has 0 saturated carbocycles. The summed E-state index contributed by atoms with van der Waals surface area (Å²) in [5, 5.41) is 0. The molecule has 1 aromatic carbocycles. The van der Waals surface area contributed by atoms with Crippen LogP contribution in [0.2, 0.25) is 0 Å². The first-order valence-corrected chi connectivity index (χ1v) is 7.16. The molecule has 0 bridgehead atoms. The third kappa shape index (κ3) is 3.13. The number of likely N-dealkylation sites (tertiary alicyclic amines) is 1. The van der Waals surface area contributed by atoms with Crippen molar-refractivity contribution in [3.8, 4) is 11.5 Å². The number of nitrogens with two attached hydrogens (primary N) is 1. The zero-order chi connectivity index (χ0) is 15.6. The number of carbonyl (C=O) groups is 1. The maximum Gasteiger partial charge on any atom is 0.254 e. The lowest BCUT2D eigenvalue weighted by molar-refractivity contribution is 0.0532. The molecule has 1 aliphatic heterocycles. The standard InChI is InChI=1S/C16H24N2O3/c1-16(2)10-18(8-7-14(16)17)15(19)11-5-6-12(20-3)13(9-11)21-4/h5-6,9,14H,7-8,10,17H2,1-4H3. The van der Waals surface area contributed by atoms with E-state index in [0.29, 0.717) is 30.2 Å².